The zero-order chi connectivity index (χ0) is 14.3. The molecular weight excluding hydrogens is 287 g/mol. The summed E-state index contributed by atoms with van der Waals surface area (Å²) in [6, 6.07) is 4.82. The van der Waals surface area contributed by atoms with Gasteiger partial charge in [-0.1, -0.05) is 30.1 Å². The minimum absolute atomic E-state index is 0.169. The number of carbonyl (C=O) groups excluding carboxylic acids is 1. The standard InChI is InChI=1S/C13H18Cl2N2O2/c1-3-6-17(7-8-19-2)13(18)16-10-4-5-11(14)12(15)9-10/h4-5,9H,3,6-8H2,1-2H3,(H,16,18). The first-order chi connectivity index (χ1) is 9.08. The molecule has 106 valence electrons. The van der Waals surface area contributed by atoms with E-state index in [1.807, 2.05) is 6.92 Å². The van der Waals surface area contributed by atoms with Crippen molar-refractivity contribution in [3.63, 3.8) is 0 Å². The number of rotatable bonds is 6. The number of carbonyl (C=O) groups is 1. The molecule has 0 fully saturated rings. The summed E-state index contributed by atoms with van der Waals surface area (Å²) in [6.07, 6.45) is 0.887. The van der Waals surface area contributed by atoms with Crippen LogP contribution in [-0.2, 0) is 4.74 Å². The van der Waals surface area contributed by atoms with Crippen molar-refractivity contribution in [2.24, 2.45) is 0 Å². The molecule has 0 aliphatic heterocycles. The van der Waals surface area contributed by atoms with Crippen LogP contribution in [0.25, 0.3) is 0 Å². The highest BCUT2D eigenvalue weighted by molar-refractivity contribution is 6.42. The first-order valence-electron chi connectivity index (χ1n) is 6.08. The molecule has 0 radical (unpaired) electrons. The van der Waals surface area contributed by atoms with Gasteiger partial charge in [0.15, 0.2) is 0 Å². The summed E-state index contributed by atoms with van der Waals surface area (Å²) in [6.45, 7) is 3.76. The molecule has 2 amide bonds. The van der Waals surface area contributed by atoms with Gasteiger partial charge in [0.25, 0.3) is 0 Å². The quantitative estimate of drug-likeness (QED) is 0.866. The van der Waals surface area contributed by atoms with Crippen LogP contribution in [0, 0.1) is 0 Å². The summed E-state index contributed by atoms with van der Waals surface area (Å²) in [4.78, 5) is 13.8. The number of nitrogens with one attached hydrogen (secondary N) is 1. The average molecular weight is 305 g/mol. The van der Waals surface area contributed by atoms with Crippen molar-refractivity contribution >= 4 is 34.9 Å². The molecule has 0 aliphatic carbocycles. The highest BCUT2D eigenvalue weighted by atomic mass is 35.5. The van der Waals surface area contributed by atoms with Gasteiger partial charge in [0.05, 0.1) is 16.7 Å². The second-order valence-electron chi connectivity index (χ2n) is 4.04. The Balaban J connectivity index is 2.66. The molecule has 0 saturated carbocycles. The van der Waals surface area contributed by atoms with Gasteiger partial charge in [-0.25, -0.2) is 4.79 Å². The minimum Gasteiger partial charge on any atom is -0.383 e. The van der Waals surface area contributed by atoms with Crippen molar-refractivity contribution in [1.82, 2.24) is 4.90 Å². The molecule has 1 rings (SSSR count). The van der Waals surface area contributed by atoms with Gasteiger partial charge < -0.3 is 15.0 Å². The number of hydrogen-bond acceptors (Lipinski definition) is 2. The van der Waals surface area contributed by atoms with Crippen molar-refractivity contribution in [1.29, 1.82) is 0 Å². The molecule has 0 heterocycles. The van der Waals surface area contributed by atoms with E-state index >= 15 is 0 Å². The molecule has 1 aromatic rings. The molecule has 1 aromatic carbocycles. The lowest BCUT2D eigenvalue weighted by Gasteiger charge is -2.22. The van der Waals surface area contributed by atoms with E-state index in [2.05, 4.69) is 5.32 Å². The fourth-order valence-electron chi connectivity index (χ4n) is 1.56. The molecule has 0 aliphatic rings. The maximum Gasteiger partial charge on any atom is 0.321 e. The largest absolute Gasteiger partial charge is 0.383 e. The zero-order valence-electron chi connectivity index (χ0n) is 11.1. The topological polar surface area (TPSA) is 41.6 Å². The van der Waals surface area contributed by atoms with Crippen molar-refractivity contribution in [2.45, 2.75) is 13.3 Å². The van der Waals surface area contributed by atoms with E-state index in [-0.39, 0.29) is 6.03 Å². The van der Waals surface area contributed by atoms with Gasteiger partial charge in [0.2, 0.25) is 0 Å². The summed E-state index contributed by atoms with van der Waals surface area (Å²) in [5, 5.41) is 3.67. The molecule has 19 heavy (non-hydrogen) atoms. The first kappa shape index (κ1) is 16.1. The van der Waals surface area contributed by atoms with Gasteiger partial charge in [-0.15, -0.1) is 0 Å². The lowest BCUT2D eigenvalue weighted by atomic mass is 10.3. The Morgan fingerprint density at radius 2 is 2.05 bits per heavy atom. The maximum absolute atomic E-state index is 12.1. The summed E-state index contributed by atoms with van der Waals surface area (Å²) < 4.78 is 4.99. The number of benzene rings is 1. The molecular formula is C13H18Cl2N2O2. The number of hydrogen-bond donors (Lipinski definition) is 1. The third kappa shape index (κ3) is 5.27. The number of halogens is 2. The molecule has 0 saturated heterocycles. The lowest BCUT2D eigenvalue weighted by molar-refractivity contribution is 0.155. The number of methoxy groups -OCH3 is 1. The molecule has 4 nitrogen and oxygen atoms in total. The Bertz CT molecular complexity index is 427. The first-order valence-corrected chi connectivity index (χ1v) is 6.84. The van der Waals surface area contributed by atoms with E-state index in [4.69, 9.17) is 27.9 Å². The van der Waals surface area contributed by atoms with E-state index in [9.17, 15) is 4.79 Å². The summed E-state index contributed by atoms with van der Waals surface area (Å²) in [7, 11) is 1.61. The second kappa shape index (κ2) is 8.25. The monoisotopic (exact) mass is 304 g/mol. The molecule has 0 aromatic heterocycles. The number of nitrogens with zero attached hydrogens (tertiary/aromatic N) is 1. The Morgan fingerprint density at radius 1 is 1.32 bits per heavy atom. The van der Waals surface area contributed by atoms with Crippen LogP contribution in [0.4, 0.5) is 10.5 Å². The van der Waals surface area contributed by atoms with E-state index in [0.29, 0.717) is 35.4 Å². The Labute approximate surface area is 123 Å². The fraction of sp³-hybridized carbons (Fsp3) is 0.462. The second-order valence-corrected chi connectivity index (χ2v) is 4.85. The van der Waals surface area contributed by atoms with Gasteiger partial charge in [-0.2, -0.15) is 0 Å². The minimum atomic E-state index is -0.169. The third-order valence-corrected chi connectivity index (χ3v) is 3.26. The van der Waals surface area contributed by atoms with Crippen molar-refractivity contribution in [3.8, 4) is 0 Å². The average Bonchev–Trinajstić information content (AvgIpc) is 2.38. The van der Waals surface area contributed by atoms with E-state index < -0.39 is 0 Å². The van der Waals surface area contributed by atoms with Crippen LogP contribution in [0.5, 0.6) is 0 Å². The molecule has 1 N–H and O–H groups in total. The zero-order valence-corrected chi connectivity index (χ0v) is 12.6. The van der Waals surface area contributed by atoms with Crippen LogP contribution in [0.15, 0.2) is 18.2 Å². The Hall–Kier alpha value is -0.970. The number of urea groups is 1. The van der Waals surface area contributed by atoms with Crippen LogP contribution in [0.3, 0.4) is 0 Å². The highest BCUT2D eigenvalue weighted by Gasteiger charge is 2.12. The predicted molar refractivity (Wildman–Crippen MR) is 79.2 cm³/mol. The van der Waals surface area contributed by atoms with Crippen molar-refractivity contribution in [3.05, 3.63) is 28.2 Å². The SMILES string of the molecule is CCCN(CCOC)C(=O)Nc1ccc(Cl)c(Cl)c1. The third-order valence-electron chi connectivity index (χ3n) is 2.52. The van der Waals surface area contributed by atoms with Gasteiger partial charge >= 0.3 is 6.03 Å². The normalized spacial score (nSPS) is 10.3. The number of amides is 2. The molecule has 0 atom stereocenters. The summed E-state index contributed by atoms with van der Waals surface area (Å²) in [5.41, 5.74) is 0.623. The maximum atomic E-state index is 12.1. The van der Waals surface area contributed by atoms with E-state index in [0.717, 1.165) is 6.42 Å². The smallest absolute Gasteiger partial charge is 0.321 e. The predicted octanol–water partition coefficient (Wildman–Crippen LogP) is 3.88. The van der Waals surface area contributed by atoms with Crippen LogP contribution in [0.2, 0.25) is 10.0 Å². The van der Waals surface area contributed by atoms with E-state index in [1.165, 1.54) is 0 Å². The number of anilines is 1. The Kier molecular flexibility index (Phi) is 6.99. The van der Waals surface area contributed by atoms with Crippen molar-refractivity contribution in [2.75, 3.05) is 32.1 Å². The molecule has 0 unspecified atom stereocenters. The van der Waals surface area contributed by atoms with Crippen LogP contribution < -0.4 is 5.32 Å². The fourth-order valence-corrected chi connectivity index (χ4v) is 1.86. The molecule has 0 spiro atoms. The summed E-state index contributed by atoms with van der Waals surface area (Å²) >= 11 is 11.7. The van der Waals surface area contributed by atoms with Crippen LogP contribution in [0.1, 0.15) is 13.3 Å². The van der Waals surface area contributed by atoms with Crippen molar-refractivity contribution < 1.29 is 9.53 Å². The van der Waals surface area contributed by atoms with Crippen LogP contribution in [-0.4, -0.2) is 37.7 Å². The summed E-state index contributed by atoms with van der Waals surface area (Å²) in [5.74, 6) is 0. The van der Waals surface area contributed by atoms with E-state index in [1.54, 1.807) is 30.2 Å². The Morgan fingerprint density at radius 3 is 2.63 bits per heavy atom. The highest BCUT2D eigenvalue weighted by Crippen LogP contribution is 2.25. The van der Waals surface area contributed by atoms with Gasteiger partial charge in [-0.3, -0.25) is 0 Å². The molecule has 6 heteroatoms. The van der Waals surface area contributed by atoms with Crippen LogP contribution >= 0.6 is 23.2 Å². The van der Waals surface area contributed by atoms with Gasteiger partial charge in [-0.05, 0) is 24.6 Å². The number of ether oxygens (including phenoxy) is 1. The van der Waals surface area contributed by atoms with Gasteiger partial charge in [0, 0.05) is 25.9 Å². The molecule has 0 bridgehead atoms. The lowest BCUT2D eigenvalue weighted by Crippen LogP contribution is -2.37. The van der Waals surface area contributed by atoms with Gasteiger partial charge in [0.1, 0.15) is 0 Å².